The average Bonchev–Trinajstić information content (AvgIpc) is 3.24. The fraction of sp³-hybridized carbons (Fsp3) is 0. The molecule has 5 nitrogen and oxygen atoms in total. The largest absolute Gasteiger partial charge is 0.288 e. The lowest BCUT2D eigenvalue weighted by Crippen LogP contribution is -2.11. The molecule has 0 unspecified atom stereocenters. The molecular weight excluding hydrogens is 316 g/mol. The minimum Gasteiger partial charge on any atom is -0.288 e. The van der Waals surface area contributed by atoms with Gasteiger partial charge in [0.15, 0.2) is 0 Å². The lowest BCUT2D eigenvalue weighted by atomic mass is 10.2. The number of hydrogen-bond donors (Lipinski definition) is 1. The van der Waals surface area contributed by atoms with E-state index in [0.717, 1.165) is 16.2 Å². The van der Waals surface area contributed by atoms with Crippen LogP contribution >= 0.6 is 22.7 Å². The van der Waals surface area contributed by atoms with E-state index in [4.69, 9.17) is 0 Å². The lowest BCUT2D eigenvalue weighted by molar-refractivity contribution is 0.102. The Balaban J connectivity index is 1.67. The highest BCUT2D eigenvalue weighted by Gasteiger charge is 2.14. The zero-order chi connectivity index (χ0) is 14.9. The third-order valence-electron chi connectivity index (χ3n) is 3.12. The van der Waals surface area contributed by atoms with Crippen LogP contribution in [0.3, 0.4) is 0 Å². The third kappa shape index (κ3) is 2.30. The van der Waals surface area contributed by atoms with E-state index < -0.39 is 0 Å². The molecule has 0 aliphatic carbocycles. The molecule has 4 aromatic rings. The summed E-state index contributed by atoms with van der Waals surface area (Å²) in [4.78, 5) is 17.8. The van der Waals surface area contributed by atoms with Gasteiger partial charge in [-0.1, -0.05) is 36.4 Å². The van der Waals surface area contributed by atoms with Crippen LogP contribution in [0.1, 0.15) is 9.67 Å². The first kappa shape index (κ1) is 13.2. The number of hydrogen-bond acceptors (Lipinski definition) is 5. The summed E-state index contributed by atoms with van der Waals surface area (Å²) in [7, 11) is 0. The number of benzene rings is 1. The Morgan fingerprint density at radius 2 is 1.95 bits per heavy atom. The molecule has 4 rings (SSSR count). The molecule has 22 heavy (non-hydrogen) atoms. The molecule has 108 valence electrons. The Kier molecular flexibility index (Phi) is 3.21. The van der Waals surface area contributed by atoms with Crippen LogP contribution in [0, 0.1) is 0 Å². The van der Waals surface area contributed by atoms with Crippen molar-refractivity contribution < 1.29 is 4.79 Å². The Morgan fingerprint density at radius 1 is 1.09 bits per heavy atom. The van der Waals surface area contributed by atoms with Gasteiger partial charge in [-0.15, -0.1) is 27.8 Å². The quantitative estimate of drug-likeness (QED) is 0.623. The van der Waals surface area contributed by atoms with Crippen LogP contribution in [-0.2, 0) is 0 Å². The van der Waals surface area contributed by atoms with Crippen molar-refractivity contribution in [3.63, 3.8) is 0 Å². The number of nitrogens with zero attached hydrogens (tertiary/aromatic N) is 3. The van der Waals surface area contributed by atoms with Crippen LogP contribution in [0.5, 0.6) is 0 Å². The summed E-state index contributed by atoms with van der Waals surface area (Å²) in [5.41, 5.74) is 2.03. The molecule has 0 saturated heterocycles. The van der Waals surface area contributed by atoms with Gasteiger partial charge in [0, 0.05) is 10.9 Å². The number of amides is 1. The molecular formula is C15H10N4OS2. The van der Waals surface area contributed by atoms with Gasteiger partial charge in [-0.05, 0) is 11.4 Å². The van der Waals surface area contributed by atoms with Crippen molar-refractivity contribution in [1.29, 1.82) is 0 Å². The van der Waals surface area contributed by atoms with Crippen molar-refractivity contribution in [1.82, 2.24) is 14.6 Å². The molecule has 0 spiro atoms. The second-order valence-electron chi connectivity index (χ2n) is 4.55. The van der Waals surface area contributed by atoms with Gasteiger partial charge >= 0.3 is 0 Å². The second-order valence-corrected chi connectivity index (χ2v) is 6.33. The molecule has 1 amide bonds. The van der Waals surface area contributed by atoms with Gasteiger partial charge in [0.05, 0.1) is 10.6 Å². The van der Waals surface area contributed by atoms with Crippen molar-refractivity contribution >= 4 is 39.5 Å². The normalized spacial score (nSPS) is 10.9. The minimum atomic E-state index is -0.186. The lowest BCUT2D eigenvalue weighted by Gasteiger charge is -1.98. The number of thiophene rings is 1. The first-order valence-electron chi connectivity index (χ1n) is 6.56. The molecule has 1 aromatic carbocycles. The third-order valence-corrected chi connectivity index (χ3v) is 4.81. The molecule has 3 aromatic heterocycles. The molecule has 3 heterocycles. The Morgan fingerprint density at radius 3 is 2.73 bits per heavy atom. The summed E-state index contributed by atoms with van der Waals surface area (Å²) < 4.78 is 1.75. The molecule has 1 N–H and O–H groups in total. The maximum atomic E-state index is 12.0. The van der Waals surface area contributed by atoms with E-state index in [-0.39, 0.29) is 5.91 Å². The first-order chi connectivity index (χ1) is 10.8. The maximum Gasteiger partial charge on any atom is 0.268 e. The predicted molar refractivity (Wildman–Crippen MR) is 88.6 cm³/mol. The zero-order valence-corrected chi connectivity index (χ0v) is 12.9. The average molecular weight is 326 g/mol. The summed E-state index contributed by atoms with van der Waals surface area (Å²) in [6.45, 7) is 0. The number of nitrogens with one attached hydrogen (secondary N) is 1. The van der Waals surface area contributed by atoms with Gasteiger partial charge in [0.1, 0.15) is 0 Å². The SMILES string of the molecule is O=C(Nc1nc2scc(-c3ccccc3)n2n1)c1cccs1. The first-order valence-corrected chi connectivity index (χ1v) is 8.32. The Hall–Kier alpha value is -2.51. The van der Waals surface area contributed by atoms with Crippen molar-refractivity contribution in [2.45, 2.75) is 0 Å². The van der Waals surface area contributed by atoms with Crippen LogP contribution in [0.4, 0.5) is 5.95 Å². The van der Waals surface area contributed by atoms with Crippen LogP contribution in [0.25, 0.3) is 16.2 Å². The van der Waals surface area contributed by atoms with Crippen LogP contribution < -0.4 is 5.32 Å². The number of aromatic nitrogens is 3. The number of thiazole rings is 1. The van der Waals surface area contributed by atoms with Gasteiger partial charge in [-0.2, -0.15) is 4.98 Å². The second kappa shape index (κ2) is 5.36. The summed E-state index contributed by atoms with van der Waals surface area (Å²) in [5.74, 6) is 0.136. The van der Waals surface area contributed by atoms with E-state index in [0.29, 0.717) is 10.8 Å². The fourth-order valence-electron chi connectivity index (χ4n) is 2.11. The predicted octanol–water partition coefficient (Wildman–Crippen LogP) is 3.77. The van der Waals surface area contributed by atoms with E-state index in [9.17, 15) is 4.79 Å². The molecule has 0 bridgehead atoms. The molecule has 0 atom stereocenters. The highest BCUT2D eigenvalue weighted by atomic mass is 32.1. The summed E-state index contributed by atoms with van der Waals surface area (Å²) >= 11 is 2.88. The van der Waals surface area contributed by atoms with Crippen molar-refractivity contribution in [3.8, 4) is 11.3 Å². The van der Waals surface area contributed by atoms with Gasteiger partial charge in [-0.3, -0.25) is 10.1 Å². The van der Waals surface area contributed by atoms with Crippen LogP contribution in [-0.4, -0.2) is 20.5 Å². The Bertz CT molecular complexity index is 925. The van der Waals surface area contributed by atoms with Crippen LogP contribution in [0.2, 0.25) is 0 Å². The zero-order valence-electron chi connectivity index (χ0n) is 11.3. The molecule has 7 heteroatoms. The van der Waals surface area contributed by atoms with E-state index in [2.05, 4.69) is 15.4 Å². The highest BCUT2D eigenvalue weighted by molar-refractivity contribution is 7.15. The standard InChI is InChI=1S/C15H10N4OS2/c20-13(12-7-4-8-21-12)16-14-17-15-19(18-14)11(9-22-15)10-5-2-1-3-6-10/h1-9H,(H,16,18,20). The molecule has 0 aliphatic rings. The molecule has 0 aliphatic heterocycles. The number of carbonyl (C=O) groups is 1. The maximum absolute atomic E-state index is 12.0. The molecule has 0 saturated carbocycles. The minimum absolute atomic E-state index is 0.186. The summed E-state index contributed by atoms with van der Waals surface area (Å²) in [5, 5.41) is 11.0. The number of carbonyl (C=O) groups excluding carboxylic acids is 1. The van der Waals surface area contributed by atoms with E-state index >= 15 is 0 Å². The van der Waals surface area contributed by atoms with Gasteiger partial charge in [0.2, 0.25) is 4.96 Å². The van der Waals surface area contributed by atoms with Gasteiger partial charge in [0.25, 0.3) is 11.9 Å². The van der Waals surface area contributed by atoms with Crippen molar-refractivity contribution in [2.24, 2.45) is 0 Å². The van der Waals surface area contributed by atoms with Crippen molar-refractivity contribution in [3.05, 3.63) is 58.1 Å². The van der Waals surface area contributed by atoms with Crippen molar-refractivity contribution in [2.75, 3.05) is 5.32 Å². The molecule has 0 fully saturated rings. The smallest absolute Gasteiger partial charge is 0.268 e. The topological polar surface area (TPSA) is 59.3 Å². The number of rotatable bonds is 3. The highest BCUT2D eigenvalue weighted by Crippen LogP contribution is 2.25. The Labute approximate surface area is 133 Å². The monoisotopic (exact) mass is 326 g/mol. The number of anilines is 1. The van der Waals surface area contributed by atoms with Gasteiger partial charge in [-0.25, -0.2) is 4.52 Å². The fourth-order valence-corrected chi connectivity index (χ4v) is 3.56. The summed E-state index contributed by atoms with van der Waals surface area (Å²) in [6.07, 6.45) is 0. The van der Waals surface area contributed by atoms with Gasteiger partial charge < -0.3 is 0 Å². The van der Waals surface area contributed by atoms with E-state index in [1.54, 1.807) is 10.6 Å². The van der Waals surface area contributed by atoms with Crippen LogP contribution in [0.15, 0.2) is 53.2 Å². The van der Waals surface area contributed by atoms with E-state index in [1.165, 1.54) is 22.7 Å². The molecule has 0 radical (unpaired) electrons. The number of fused-ring (bicyclic) bond motifs is 1. The summed E-state index contributed by atoms with van der Waals surface area (Å²) in [6, 6.07) is 13.6. The van der Waals surface area contributed by atoms with E-state index in [1.807, 2.05) is 47.2 Å².